The number of para-hydroxylation sites is 1. The molecule has 2 aliphatic carbocycles. The first-order chi connectivity index (χ1) is 12.5. The maximum absolute atomic E-state index is 12.7. The summed E-state index contributed by atoms with van der Waals surface area (Å²) >= 11 is 0. The first-order valence-electron chi connectivity index (χ1n) is 10.2. The van der Waals surface area contributed by atoms with E-state index < -0.39 is 0 Å². The summed E-state index contributed by atoms with van der Waals surface area (Å²) in [6.45, 7) is 4.28. The maximum atomic E-state index is 12.7. The van der Waals surface area contributed by atoms with Gasteiger partial charge in [-0.2, -0.15) is 0 Å². The Hall–Kier alpha value is -1.84. The number of benzene rings is 1. The Bertz CT molecular complexity index is 627. The summed E-state index contributed by atoms with van der Waals surface area (Å²) in [6.07, 6.45) is 7.96. The fourth-order valence-corrected chi connectivity index (χ4v) is 4.36. The molecule has 0 spiro atoms. The first-order valence-corrected chi connectivity index (χ1v) is 10.2. The van der Waals surface area contributed by atoms with Gasteiger partial charge in [0.1, 0.15) is 0 Å². The fraction of sp³-hybridized carbons (Fsp3) is 0.636. The molecule has 2 aliphatic rings. The predicted octanol–water partition coefficient (Wildman–Crippen LogP) is 4.61. The normalized spacial score (nSPS) is 23.8. The molecule has 0 aromatic heterocycles. The zero-order valence-corrected chi connectivity index (χ0v) is 16.1. The molecule has 0 heterocycles. The Morgan fingerprint density at radius 2 is 1.46 bits per heavy atom. The topological polar surface area (TPSA) is 58.2 Å². The van der Waals surface area contributed by atoms with Crippen LogP contribution in [0.25, 0.3) is 0 Å². The molecule has 0 saturated heterocycles. The van der Waals surface area contributed by atoms with E-state index in [0.717, 1.165) is 44.2 Å². The van der Waals surface area contributed by atoms with Crippen molar-refractivity contribution < 1.29 is 9.59 Å². The zero-order chi connectivity index (χ0) is 18.5. The van der Waals surface area contributed by atoms with Gasteiger partial charge in [-0.25, -0.2) is 0 Å². The second-order valence-electron chi connectivity index (χ2n) is 8.27. The van der Waals surface area contributed by atoms with Crippen LogP contribution in [0.15, 0.2) is 24.3 Å². The van der Waals surface area contributed by atoms with Crippen molar-refractivity contribution in [2.75, 3.05) is 5.32 Å². The minimum atomic E-state index is 0.0192. The minimum Gasteiger partial charge on any atom is -0.353 e. The standard InChI is InChI=1S/C22H32N2O2/c1-15(2)19-9-5-6-10-20(19)24-22(26)17-13-11-16(12-14-17)21(25)23-18-7-3-4-8-18/h5-6,9-10,15-18H,3-4,7-8,11-14H2,1-2H3,(H,23,25)(H,24,26). The summed E-state index contributed by atoms with van der Waals surface area (Å²) in [6, 6.07) is 8.42. The average Bonchev–Trinajstić information content (AvgIpc) is 3.15. The quantitative estimate of drug-likeness (QED) is 0.809. The number of anilines is 1. The van der Waals surface area contributed by atoms with Crippen LogP contribution >= 0.6 is 0 Å². The molecule has 26 heavy (non-hydrogen) atoms. The summed E-state index contributed by atoms with van der Waals surface area (Å²) in [7, 11) is 0. The van der Waals surface area contributed by atoms with Crippen LogP contribution in [-0.4, -0.2) is 17.9 Å². The predicted molar refractivity (Wildman–Crippen MR) is 105 cm³/mol. The molecule has 0 bridgehead atoms. The molecule has 2 saturated carbocycles. The highest BCUT2D eigenvalue weighted by Crippen LogP contribution is 2.31. The van der Waals surface area contributed by atoms with Crippen molar-refractivity contribution in [3.8, 4) is 0 Å². The second-order valence-corrected chi connectivity index (χ2v) is 8.27. The summed E-state index contributed by atoms with van der Waals surface area (Å²) in [5.41, 5.74) is 2.10. The van der Waals surface area contributed by atoms with Gasteiger partial charge in [-0.3, -0.25) is 9.59 Å². The van der Waals surface area contributed by atoms with E-state index in [0.29, 0.717) is 12.0 Å². The van der Waals surface area contributed by atoms with Crippen LogP contribution in [0, 0.1) is 11.8 Å². The highest BCUT2D eigenvalue weighted by atomic mass is 16.2. The molecule has 4 heteroatoms. The molecule has 4 nitrogen and oxygen atoms in total. The highest BCUT2D eigenvalue weighted by Gasteiger charge is 2.31. The fourth-order valence-electron chi connectivity index (χ4n) is 4.36. The molecule has 2 amide bonds. The molecule has 0 radical (unpaired) electrons. The summed E-state index contributed by atoms with van der Waals surface area (Å²) in [5.74, 6) is 0.795. The van der Waals surface area contributed by atoms with Crippen LogP contribution < -0.4 is 10.6 Å². The van der Waals surface area contributed by atoms with E-state index in [4.69, 9.17) is 0 Å². The monoisotopic (exact) mass is 356 g/mol. The maximum Gasteiger partial charge on any atom is 0.227 e. The van der Waals surface area contributed by atoms with Crippen molar-refractivity contribution >= 4 is 17.5 Å². The molecule has 0 unspecified atom stereocenters. The third-order valence-corrected chi connectivity index (χ3v) is 6.01. The molecule has 0 aliphatic heterocycles. The van der Waals surface area contributed by atoms with Gasteiger partial charge in [-0.1, -0.05) is 44.9 Å². The van der Waals surface area contributed by atoms with Crippen LogP contribution in [0.5, 0.6) is 0 Å². The van der Waals surface area contributed by atoms with Gasteiger partial charge in [0.2, 0.25) is 11.8 Å². The first kappa shape index (κ1) is 18.9. The lowest BCUT2D eigenvalue weighted by Gasteiger charge is -2.28. The number of hydrogen-bond donors (Lipinski definition) is 2. The molecule has 2 N–H and O–H groups in total. The number of carbonyl (C=O) groups is 2. The Balaban J connectivity index is 1.50. The number of carbonyl (C=O) groups excluding carboxylic acids is 2. The lowest BCUT2D eigenvalue weighted by Crippen LogP contribution is -2.39. The van der Waals surface area contributed by atoms with Crippen molar-refractivity contribution in [3.05, 3.63) is 29.8 Å². The summed E-state index contributed by atoms with van der Waals surface area (Å²) in [4.78, 5) is 25.1. The van der Waals surface area contributed by atoms with E-state index in [-0.39, 0.29) is 23.7 Å². The Labute approximate surface area is 157 Å². The van der Waals surface area contributed by atoms with Crippen molar-refractivity contribution in [2.24, 2.45) is 11.8 Å². The van der Waals surface area contributed by atoms with Crippen molar-refractivity contribution in [2.45, 2.75) is 77.2 Å². The van der Waals surface area contributed by atoms with Gasteiger partial charge < -0.3 is 10.6 Å². The second kappa shape index (κ2) is 8.70. The van der Waals surface area contributed by atoms with Crippen molar-refractivity contribution in [1.82, 2.24) is 5.32 Å². The molecular formula is C22H32N2O2. The van der Waals surface area contributed by atoms with Gasteiger partial charge >= 0.3 is 0 Å². The lowest BCUT2D eigenvalue weighted by molar-refractivity contribution is -0.129. The van der Waals surface area contributed by atoms with E-state index in [1.165, 1.54) is 18.4 Å². The van der Waals surface area contributed by atoms with Crippen LogP contribution in [0.1, 0.15) is 76.7 Å². The number of hydrogen-bond acceptors (Lipinski definition) is 2. The van der Waals surface area contributed by atoms with Crippen LogP contribution in [0.3, 0.4) is 0 Å². The minimum absolute atomic E-state index is 0.0192. The van der Waals surface area contributed by atoms with E-state index in [9.17, 15) is 9.59 Å². The lowest BCUT2D eigenvalue weighted by atomic mass is 9.81. The number of nitrogens with one attached hydrogen (secondary N) is 2. The van der Waals surface area contributed by atoms with Gasteiger partial charge in [0.15, 0.2) is 0 Å². The smallest absolute Gasteiger partial charge is 0.227 e. The van der Waals surface area contributed by atoms with Crippen molar-refractivity contribution in [1.29, 1.82) is 0 Å². The van der Waals surface area contributed by atoms with Crippen molar-refractivity contribution in [3.63, 3.8) is 0 Å². The molecule has 1 aromatic carbocycles. The van der Waals surface area contributed by atoms with Crippen LogP contribution in [-0.2, 0) is 9.59 Å². The molecule has 2 fully saturated rings. The third-order valence-electron chi connectivity index (χ3n) is 6.01. The van der Waals surface area contributed by atoms with Gasteiger partial charge in [-0.15, -0.1) is 0 Å². The highest BCUT2D eigenvalue weighted by molar-refractivity contribution is 5.93. The summed E-state index contributed by atoms with van der Waals surface area (Å²) in [5, 5.41) is 6.34. The molecule has 1 aromatic rings. The van der Waals surface area contributed by atoms with Crippen LogP contribution in [0.4, 0.5) is 5.69 Å². The van der Waals surface area contributed by atoms with E-state index in [1.807, 2.05) is 18.2 Å². The Morgan fingerprint density at radius 1 is 0.885 bits per heavy atom. The Kier molecular flexibility index (Phi) is 6.33. The van der Waals surface area contributed by atoms with Gasteiger partial charge in [0, 0.05) is 23.6 Å². The largest absolute Gasteiger partial charge is 0.353 e. The molecule has 0 atom stereocenters. The van der Waals surface area contributed by atoms with Gasteiger partial charge in [-0.05, 0) is 56.1 Å². The van der Waals surface area contributed by atoms with E-state index in [1.54, 1.807) is 0 Å². The van der Waals surface area contributed by atoms with Gasteiger partial charge in [0.05, 0.1) is 0 Å². The average molecular weight is 357 g/mol. The summed E-state index contributed by atoms with van der Waals surface area (Å²) < 4.78 is 0. The number of amides is 2. The molecule has 3 rings (SSSR count). The Morgan fingerprint density at radius 3 is 2.08 bits per heavy atom. The zero-order valence-electron chi connectivity index (χ0n) is 16.1. The van der Waals surface area contributed by atoms with E-state index >= 15 is 0 Å². The van der Waals surface area contributed by atoms with Crippen LogP contribution in [0.2, 0.25) is 0 Å². The number of rotatable bonds is 5. The molecular weight excluding hydrogens is 324 g/mol. The van der Waals surface area contributed by atoms with Gasteiger partial charge in [0.25, 0.3) is 0 Å². The SMILES string of the molecule is CC(C)c1ccccc1NC(=O)C1CCC(C(=O)NC2CCCC2)CC1. The van der Waals surface area contributed by atoms with E-state index in [2.05, 4.69) is 30.5 Å². The molecule has 142 valence electrons. The third kappa shape index (κ3) is 4.66.